The minimum atomic E-state index is 1.25. The first-order valence-electron chi connectivity index (χ1n) is 6.39. The molecule has 0 fully saturated rings. The molecule has 2 aromatic rings. The molecule has 0 atom stereocenters. The first-order chi connectivity index (χ1) is 8.56. The molecule has 2 rings (SSSR count). The van der Waals surface area contributed by atoms with Crippen molar-refractivity contribution < 1.29 is 0 Å². The zero-order valence-corrected chi connectivity index (χ0v) is 11.6. The predicted molar refractivity (Wildman–Crippen MR) is 80.8 cm³/mol. The van der Waals surface area contributed by atoms with Crippen LogP contribution < -0.4 is 0 Å². The zero-order valence-electron chi connectivity index (χ0n) is 11.6. The molecule has 0 heteroatoms. The molecule has 0 saturated heterocycles. The summed E-state index contributed by atoms with van der Waals surface area (Å²) in [5, 5.41) is 0. The van der Waals surface area contributed by atoms with Gasteiger partial charge in [0.25, 0.3) is 0 Å². The Bertz CT molecular complexity index is 548. The van der Waals surface area contributed by atoms with Crippen molar-refractivity contribution in [1.29, 1.82) is 0 Å². The van der Waals surface area contributed by atoms with Gasteiger partial charge >= 0.3 is 0 Å². The Morgan fingerprint density at radius 3 is 1.78 bits per heavy atom. The third kappa shape index (κ3) is 2.89. The summed E-state index contributed by atoms with van der Waals surface area (Å²) in [4.78, 5) is 0. The van der Waals surface area contributed by atoms with Crippen LogP contribution in [0.15, 0.2) is 36.4 Å². The predicted octanol–water partition coefficient (Wildman–Crippen LogP) is 5.09. The van der Waals surface area contributed by atoms with E-state index in [9.17, 15) is 0 Å². The molecule has 18 heavy (non-hydrogen) atoms. The standard InChI is InChI=1S/C18H20/c1-13-5-7-17(8-6-13)9-10-18-15(3)11-14(2)12-16(18)4/h5-12H,1-4H3/b10-9+. The van der Waals surface area contributed by atoms with Gasteiger partial charge in [-0.15, -0.1) is 0 Å². The van der Waals surface area contributed by atoms with Gasteiger partial charge in [0.05, 0.1) is 0 Å². The second-order valence-corrected chi connectivity index (χ2v) is 5.06. The average molecular weight is 236 g/mol. The molecular weight excluding hydrogens is 216 g/mol. The van der Waals surface area contributed by atoms with Crippen LogP contribution in [-0.4, -0.2) is 0 Å². The molecule has 0 nitrogen and oxygen atoms in total. The van der Waals surface area contributed by atoms with E-state index >= 15 is 0 Å². The van der Waals surface area contributed by atoms with Crippen molar-refractivity contribution in [3.8, 4) is 0 Å². The summed E-state index contributed by atoms with van der Waals surface area (Å²) < 4.78 is 0. The average Bonchev–Trinajstić information content (AvgIpc) is 2.30. The molecule has 0 heterocycles. The number of aryl methyl sites for hydroxylation is 4. The van der Waals surface area contributed by atoms with Crippen LogP contribution in [0.4, 0.5) is 0 Å². The summed E-state index contributed by atoms with van der Waals surface area (Å²) in [5.41, 5.74) is 7.90. The van der Waals surface area contributed by atoms with E-state index in [2.05, 4.69) is 76.2 Å². The molecule has 0 aromatic heterocycles. The maximum Gasteiger partial charge on any atom is -0.0198 e. The van der Waals surface area contributed by atoms with Gasteiger partial charge in [0, 0.05) is 0 Å². The summed E-state index contributed by atoms with van der Waals surface area (Å²) in [6.07, 6.45) is 4.40. The maximum absolute atomic E-state index is 2.24. The Kier molecular flexibility index (Phi) is 3.66. The second-order valence-electron chi connectivity index (χ2n) is 5.06. The fourth-order valence-electron chi connectivity index (χ4n) is 2.31. The minimum Gasteiger partial charge on any atom is -0.0587 e. The monoisotopic (exact) mass is 236 g/mol. The van der Waals surface area contributed by atoms with E-state index in [0.717, 1.165) is 0 Å². The van der Waals surface area contributed by atoms with E-state index in [1.54, 1.807) is 0 Å². The lowest BCUT2D eigenvalue weighted by Crippen LogP contribution is -1.88. The van der Waals surface area contributed by atoms with Crippen LogP contribution in [-0.2, 0) is 0 Å². The van der Waals surface area contributed by atoms with Crippen molar-refractivity contribution in [3.05, 3.63) is 69.8 Å². The maximum atomic E-state index is 2.24. The van der Waals surface area contributed by atoms with Gasteiger partial charge in [-0.3, -0.25) is 0 Å². The first-order valence-corrected chi connectivity index (χ1v) is 6.39. The Hall–Kier alpha value is -1.82. The van der Waals surface area contributed by atoms with Gasteiger partial charge in [0.15, 0.2) is 0 Å². The molecule has 0 saturated carbocycles. The molecule has 0 amide bonds. The Balaban J connectivity index is 2.31. The molecule has 0 aliphatic heterocycles. The normalized spacial score (nSPS) is 11.1. The van der Waals surface area contributed by atoms with Crippen LogP contribution in [0.5, 0.6) is 0 Å². The number of rotatable bonds is 2. The molecule has 0 bridgehead atoms. The molecular formula is C18H20. The quantitative estimate of drug-likeness (QED) is 0.637. The lowest BCUT2D eigenvalue weighted by atomic mass is 9.99. The summed E-state index contributed by atoms with van der Waals surface area (Å²) >= 11 is 0. The lowest BCUT2D eigenvalue weighted by molar-refractivity contribution is 1.30. The van der Waals surface area contributed by atoms with Crippen LogP contribution in [0.1, 0.15) is 33.4 Å². The molecule has 0 aliphatic rings. The third-order valence-corrected chi connectivity index (χ3v) is 3.26. The van der Waals surface area contributed by atoms with Gasteiger partial charge < -0.3 is 0 Å². The van der Waals surface area contributed by atoms with Crippen LogP contribution in [0.2, 0.25) is 0 Å². The highest BCUT2D eigenvalue weighted by atomic mass is 14.0. The summed E-state index contributed by atoms with van der Waals surface area (Å²) in [6.45, 7) is 8.61. The third-order valence-electron chi connectivity index (χ3n) is 3.26. The highest BCUT2D eigenvalue weighted by molar-refractivity contribution is 5.73. The van der Waals surface area contributed by atoms with Gasteiger partial charge in [0.2, 0.25) is 0 Å². The van der Waals surface area contributed by atoms with E-state index < -0.39 is 0 Å². The van der Waals surface area contributed by atoms with Crippen molar-refractivity contribution in [2.75, 3.05) is 0 Å². The largest absolute Gasteiger partial charge is 0.0587 e. The summed E-state index contributed by atoms with van der Waals surface area (Å²) in [5.74, 6) is 0. The Labute approximate surface area is 110 Å². The van der Waals surface area contributed by atoms with E-state index in [4.69, 9.17) is 0 Å². The van der Waals surface area contributed by atoms with E-state index in [1.165, 1.54) is 33.4 Å². The molecule has 0 radical (unpaired) electrons. The highest BCUT2D eigenvalue weighted by Crippen LogP contribution is 2.19. The summed E-state index contributed by atoms with van der Waals surface area (Å²) in [6, 6.07) is 13.1. The van der Waals surface area contributed by atoms with Gasteiger partial charge in [0.1, 0.15) is 0 Å². The van der Waals surface area contributed by atoms with Crippen LogP contribution >= 0.6 is 0 Å². The van der Waals surface area contributed by atoms with Crippen molar-refractivity contribution in [2.24, 2.45) is 0 Å². The van der Waals surface area contributed by atoms with E-state index in [0.29, 0.717) is 0 Å². The zero-order chi connectivity index (χ0) is 13.1. The van der Waals surface area contributed by atoms with E-state index in [1.807, 2.05) is 0 Å². The van der Waals surface area contributed by atoms with Crippen LogP contribution in [0.25, 0.3) is 12.2 Å². The van der Waals surface area contributed by atoms with Crippen LogP contribution in [0, 0.1) is 27.7 Å². The number of benzene rings is 2. The first kappa shape index (κ1) is 12.6. The van der Waals surface area contributed by atoms with Crippen molar-refractivity contribution in [1.82, 2.24) is 0 Å². The minimum absolute atomic E-state index is 1.25. The van der Waals surface area contributed by atoms with Gasteiger partial charge in [-0.2, -0.15) is 0 Å². The fourth-order valence-corrected chi connectivity index (χ4v) is 2.31. The van der Waals surface area contributed by atoms with Crippen molar-refractivity contribution in [2.45, 2.75) is 27.7 Å². The Morgan fingerprint density at radius 2 is 1.22 bits per heavy atom. The van der Waals surface area contributed by atoms with Gasteiger partial charge in [-0.1, -0.05) is 59.7 Å². The molecule has 2 aromatic carbocycles. The molecule has 0 aliphatic carbocycles. The van der Waals surface area contributed by atoms with Crippen molar-refractivity contribution in [3.63, 3.8) is 0 Å². The summed E-state index contributed by atoms with van der Waals surface area (Å²) in [7, 11) is 0. The Morgan fingerprint density at radius 1 is 0.667 bits per heavy atom. The molecule has 0 unspecified atom stereocenters. The fraction of sp³-hybridized carbons (Fsp3) is 0.222. The van der Waals surface area contributed by atoms with Crippen LogP contribution in [0.3, 0.4) is 0 Å². The number of hydrogen-bond donors (Lipinski definition) is 0. The van der Waals surface area contributed by atoms with Gasteiger partial charge in [-0.25, -0.2) is 0 Å². The van der Waals surface area contributed by atoms with E-state index in [-0.39, 0.29) is 0 Å². The lowest BCUT2D eigenvalue weighted by Gasteiger charge is -2.07. The SMILES string of the molecule is Cc1ccc(/C=C/c2c(C)cc(C)cc2C)cc1. The second kappa shape index (κ2) is 5.22. The molecule has 0 spiro atoms. The number of hydrogen-bond acceptors (Lipinski definition) is 0. The molecule has 0 N–H and O–H groups in total. The highest BCUT2D eigenvalue weighted by Gasteiger charge is 1.99. The molecule has 92 valence electrons. The van der Waals surface area contributed by atoms with Crippen molar-refractivity contribution >= 4 is 12.2 Å². The van der Waals surface area contributed by atoms with Gasteiger partial charge in [-0.05, 0) is 49.9 Å². The topological polar surface area (TPSA) is 0 Å². The smallest absolute Gasteiger partial charge is 0.0198 e.